The Morgan fingerprint density at radius 2 is 2.14 bits per heavy atom. The Balaban J connectivity index is 2.93. The maximum atomic E-state index is 12.2. The summed E-state index contributed by atoms with van der Waals surface area (Å²) in [4.78, 5) is 24.3. The number of ether oxygens (including phenoxy) is 1. The molecule has 8 nitrogen and oxygen atoms in total. The van der Waals surface area contributed by atoms with Gasteiger partial charge in [-0.3, -0.25) is 13.8 Å². The number of nitrogens with zero attached hydrogens (tertiary/aromatic N) is 1. The van der Waals surface area contributed by atoms with Crippen LogP contribution in [0.25, 0.3) is 0 Å². The lowest BCUT2D eigenvalue weighted by Gasteiger charge is -2.25. The van der Waals surface area contributed by atoms with Gasteiger partial charge in [0.1, 0.15) is 12.0 Å². The van der Waals surface area contributed by atoms with Gasteiger partial charge in [-0.25, -0.2) is 0 Å². The molecule has 0 aromatic carbocycles. The van der Waals surface area contributed by atoms with E-state index >= 15 is 0 Å². The summed E-state index contributed by atoms with van der Waals surface area (Å²) in [6.45, 7) is 1.47. The maximum Gasteiger partial charge on any atom is 0.321 e. The van der Waals surface area contributed by atoms with Gasteiger partial charge in [-0.05, 0) is 19.8 Å². The Morgan fingerprint density at radius 3 is 2.67 bits per heavy atom. The fourth-order valence-electron chi connectivity index (χ4n) is 2.37. The Bertz CT molecular complexity index is 553. The summed E-state index contributed by atoms with van der Waals surface area (Å²) in [7, 11) is -3.67. The number of esters is 1. The Morgan fingerprint density at radius 1 is 1.48 bits per heavy atom. The van der Waals surface area contributed by atoms with E-state index in [1.807, 2.05) is 0 Å². The second-order valence-electron chi connectivity index (χ2n) is 4.81. The first-order chi connectivity index (χ1) is 9.75. The van der Waals surface area contributed by atoms with Gasteiger partial charge in [-0.15, -0.1) is 0 Å². The quantitative estimate of drug-likeness (QED) is 0.309. The summed E-state index contributed by atoms with van der Waals surface area (Å²) in [6, 6.07) is 1.75. The minimum atomic E-state index is -3.67. The average molecular weight is 318 g/mol. The number of hydrogen-bond acceptors (Lipinski definition) is 7. The number of carbonyl (C=O) groups is 2. The van der Waals surface area contributed by atoms with Crippen LogP contribution in [0.1, 0.15) is 26.2 Å². The molecule has 1 aliphatic rings. The second-order valence-corrected chi connectivity index (χ2v) is 6.41. The van der Waals surface area contributed by atoms with Gasteiger partial charge in [0, 0.05) is 6.42 Å². The molecule has 0 spiro atoms. The first kappa shape index (κ1) is 17.4. The topological polar surface area (TPSA) is 123 Å². The molecule has 21 heavy (non-hydrogen) atoms. The van der Waals surface area contributed by atoms with Crippen LogP contribution < -0.4 is 5.32 Å². The highest BCUT2D eigenvalue weighted by molar-refractivity contribution is 7.86. The molecule has 2 atom stereocenters. The molecule has 0 aliphatic heterocycles. The standard InChI is InChI=1S/C12H18N2O6S/c1-3-19-11(16)12(10(15)14-7-6-13)5-4-9(8-12)20-21(2,17)18/h9H,3-5,7-8H2,1-2H3,(H,14,15). The summed E-state index contributed by atoms with van der Waals surface area (Å²) < 4.78 is 32.1. The van der Waals surface area contributed by atoms with Gasteiger partial charge in [0.05, 0.1) is 25.0 Å². The van der Waals surface area contributed by atoms with E-state index in [-0.39, 0.29) is 32.4 Å². The van der Waals surface area contributed by atoms with Crippen molar-refractivity contribution >= 4 is 22.0 Å². The number of carbonyl (C=O) groups excluding carboxylic acids is 2. The molecule has 0 aromatic rings. The fourth-order valence-corrected chi connectivity index (χ4v) is 3.03. The molecule has 1 amide bonds. The van der Waals surface area contributed by atoms with Crippen LogP contribution in [0.3, 0.4) is 0 Å². The molecule has 0 heterocycles. The van der Waals surface area contributed by atoms with Crippen LogP contribution in [-0.4, -0.2) is 45.8 Å². The number of rotatable bonds is 6. The van der Waals surface area contributed by atoms with Gasteiger partial charge in [0.25, 0.3) is 10.1 Å². The van der Waals surface area contributed by atoms with Crippen molar-refractivity contribution in [1.29, 1.82) is 5.26 Å². The van der Waals surface area contributed by atoms with Gasteiger partial charge >= 0.3 is 5.97 Å². The van der Waals surface area contributed by atoms with Crippen LogP contribution in [0.15, 0.2) is 0 Å². The van der Waals surface area contributed by atoms with Crippen LogP contribution in [-0.2, 0) is 28.6 Å². The van der Waals surface area contributed by atoms with Crippen molar-refractivity contribution in [2.24, 2.45) is 5.41 Å². The lowest BCUT2D eigenvalue weighted by Crippen LogP contribution is -2.46. The van der Waals surface area contributed by atoms with E-state index in [2.05, 4.69) is 5.32 Å². The molecular weight excluding hydrogens is 300 g/mol. The molecule has 1 aliphatic carbocycles. The predicted octanol–water partition coefficient (Wildman–Crippen LogP) is -0.296. The third kappa shape index (κ3) is 4.41. The summed E-state index contributed by atoms with van der Waals surface area (Å²) in [6.07, 6.45) is 0.426. The smallest absolute Gasteiger partial charge is 0.321 e. The van der Waals surface area contributed by atoms with Crippen molar-refractivity contribution in [3.05, 3.63) is 0 Å². The highest BCUT2D eigenvalue weighted by Crippen LogP contribution is 2.41. The number of amides is 1. The second kappa shape index (κ2) is 6.87. The van der Waals surface area contributed by atoms with Crippen molar-refractivity contribution in [1.82, 2.24) is 5.32 Å². The summed E-state index contributed by atoms with van der Waals surface area (Å²) in [5.74, 6) is -1.36. The molecule has 1 N–H and O–H groups in total. The van der Waals surface area contributed by atoms with E-state index in [9.17, 15) is 18.0 Å². The minimum Gasteiger partial charge on any atom is -0.465 e. The SMILES string of the molecule is CCOC(=O)C1(C(=O)NCC#N)CCC(OS(C)(=O)=O)C1. The van der Waals surface area contributed by atoms with Crippen LogP contribution in [0.4, 0.5) is 0 Å². The third-order valence-electron chi connectivity index (χ3n) is 3.21. The zero-order valence-corrected chi connectivity index (χ0v) is 12.7. The van der Waals surface area contributed by atoms with Crippen LogP contribution in [0, 0.1) is 16.7 Å². The van der Waals surface area contributed by atoms with E-state index in [1.54, 1.807) is 13.0 Å². The lowest BCUT2D eigenvalue weighted by molar-refractivity contribution is -0.161. The number of nitriles is 1. The molecule has 0 aromatic heterocycles. The van der Waals surface area contributed by atoms with Gasteiger partial charge < -0.3 is 10.1 Å². The average Bonchev–Trinajstić information content (AvgIpc) is 2.79. The van der Waals surface area contributed by atoms with E-state index < -0.39 is 33.5 Å². The van der Waals surface area contributed by atoms with E-state index in [0.717, 1.165) is 6.26 Å². The predicted molar refractivity (Wildman–Crippen MR) is 71.3 cm³/mol. The van der Waals surface area contributed by atoms with E-state index in [0.29, 0.717) is 0 Å². The first-order valence-electron chi connectivity index (χ1n) is 6.46. The summed E-state index contributed by atoms with van der Waals surface area (Å²) in [5.41, 5.74) is -1.50. The van der Waals surface area contributed by atoms with E-state index in [4.69, 9.17) is 14.2 Å². The van der Waals surface area contributed by atoms with Crippen molar-refractivity contribution < 1.29 is 26.9 Å². The molecule has 1 fully saturated rings. The molecule has 118 valence electrons. The maximum absolute atomic E-state index is 12.2. The van der Waals surface area contributed by atoms with E-state index in [1.165, 1.54) is 0 Å². The molecule has 0 saturated heterocycles. The molecule has 1 rings (SSSR count). The summed E-state index contributed by atoms with van der Waals surface area (Å²) >= 11 is 0. The normalized spacial score (nSPS) is 25.1. The molecule has 0 bridgehead atoms. The highest BCUT2D eigenvalue weighted by Gasteiger charge is 2.53. The van der Waals surface area contributed by atoms with Crippen LogP contribution >= 0.6 is 0 Å². The van der Waals surface area contributed by atoms with Gasteiger partial charge in [0.2, 0.25) is 5.91 Å². The van der Waals surface area contributed by atoms with Crippen molar-refractivity contribution in [3.8, 4) is 6.07 Å². The number of nitrogens with one attached hydrogen (secondary N) is 1. The van der Waals surface area contributed by atoms with Crippen molar-refractivity contribution in [3.63, 3.8) is 0 Å². The first-order valence-corrected chi connectivity index (χ1v) is 8.27. The van der Waals surface area contributed by atoms with Gasteiger partial charge in [-0.2, -0.15) is 13.7 Å². The molecule has 2 unspecified atom stereocenters. The Labute approximate surface area is 123 Å². The zero-order valence-electron chi connectivity index (χ0n) is 11.9. The van der Waals surface area contributed by atoms with Gasteiger partial charge in [0.15, 0.2) is 0 Å². The minimum absolute atomic E-state index is 0.0871. The molecule has 9 heteroatoms. The number of hydrogen-bond donors (Lipinski definition) is 1. The zero-order chi connectivity index (χ0) is 16.1. The third-order valence-corrected chi connectivity index (χ3v) is 3.83. The monoisotopic (exact) mass is 318 g/mol. The molecule has 1 saturated carbocycles. The van der Waals surface area contributed by atoms with Crippen molar-refractivity contribution in [2.75, 3.05) is 19.4 Å². The fraction of sp³-hybridized carbons (Fsp3) is 0.750. The van der Waals surface area contributed by atoms with Gasteiger partial charge in [-0.1, -0.05) is 0 Å². The summed E-state index contributed by atoms with van der Waals surface area (Å²) in [5, 5.41) is 10.8. The Kier molecular flexibility index (Phi) is 5.69. The molecular formula is C12H18N2O6S. The molecule has 0 radical (unpaired) electrons. The largest absolute Gasteiger partial charge is 0.465 e. The van der Waals surface area contributed by atoms with Crippen LogP contribution in [0.2, 0.25) is 0 Å². The van der Waals surface area contributed by atoms with Crippen molar-refractivity contribution in [2.45, 2.75) is 32.3 Å². The van der Waals surface area contributed by atoms with Crippen LogP contribution in [0.5, 0.6) is 0 Å². The lowest BCUT2D eigenvalue weighted by atomic mass is 9.85. The Hall–Kier alpha value is -1.66. The highest BCUT2D eigenvalue weighted by atomic mass is 32.2.